The molecule has 0 radical (unpaired) electrons. The third-order valence-corrected chi connectivity index (χ3v) is 4.78. The van der Waals surface area contributed by atoms with E-state index < -0.39 is 15.4 Å². The van der Waals surface area contributed by atoms with Crippen LogP contribution in [0.15, 0.2) is 22.7 Å². The van der Waals surface area contributed by atoms with Crippen LogP contribution in [-0.2, 0) is 15.6 Å². The number of benzene rings is 1. The Hall–Kier alpha value is -0.390. The first kappa shape index (κ1) is 15.7. The summed E-state index contributed by atoms with van der Waals surface area (Å²) in [6.45, 7) is 5.13. The van der Waals surface area contributed by atoms with Gasteiger partial charge in [-0.1, -0.05) is 22.0 Å². The van der Waals surface area contributed by atoms with Gasteiger partial charge in [0.05, 0.1) is 17.1 Å². The molecule has 0 saturated carbocycles. The normalized spacial score (nSPS) is 12.7. The van der Waals surface area contributed by atoms with Crippen LogP contribution in [0.4, 0.5) is 0 Å². The van der Waals surface area contributed by atoms with E-state index in [1.54, 1.807) is 13.8 Å². The molecule has 5 heteroatoms. The Morgan fingerprint density at radius 2 is 1.94 bits per heavy atom. The van der Waals surface area contributed by atoms with Gasteiger partial charge in [0.2, 0.25) is 0 Å². The second kappa shape index (κ2) is 5.72. The van der Waals surface area contributed by atoms with Crippen LogP contribution in [0, 0.1) is 6.92 Å². The monoisotopic (exact) mass is 334 g/mol. The molecule has 3 nitrogen and oxygen atoms in total. The highest BCUT2D eigenvalue weighted by Crippen LogP contribution is 2.19. The number of rotatable bonds is 5. The van der Waals surface area contributed by atoms with Gasteiger partial charge in [0, 0.05) is 4.47 Å². The zero-order chi connectivity index (χ0) is 14.0. The van der Waals surface area contributed by atoms with Crippen molar-refractivity contribution in [2.75, 3.05) is 5.75 Å². The van der Waals surface area contributed by atoms with Crippen LogP contribution >= 0.6 is 15.9 Å². The van der Waals surface area contributed by atoms with Gasteiger partial charge in [-0.2, -0.15) is 0 Å². The minimum atomic E-state index is -3.18. The van der Waals surface area contributed by atoms with Crippen molar-refractivity contribution in [3.63, 3.8) is 0 Å². The summed E-state index contributed by atoms with van der Waals surface area (Å²) in [5.74, 6) is 0.0359. The predicted octanol–water partition coefficient (Wildman–Crippen LogP) is 2.83. The summed E-state index contributed by atoms with van der Waals surface area (Å²) in [6.07, 6.45) is 0.255. The lowest BCUT2D eigenvalue weighted by Gasteiger charge is -2.17. The number of aryl methyl sites for hydroxylation is 1. The Labute approximate surface area is 117 Å². The van der Waals surface area contributed by atoms with Gasteiger partial charge >= 0.3 is 0 Å². The minimum Gasteiger partial charge on any atom is -0.390 e. The quantitative estimate of drug-likeness (QED) is 0.900. The summed E-state index contributed by atoms with van der Waals surface area (Å²) in [5, 5.41) is 9.57. The lowest BCUT2D eigenvalue weighted by molar-refractivity contribution is 0.0772. The number of halogens is 1. The van der Waals surface area contributed by atoms with Gasteiger partial charge in [0.15, 0.2) is 9.84 Å². The van der Waals surface area contributed by atoms with E-state index in [4.69, 9.17) is 0 Å². The highest BCUT2D eigenvalue weighted by molar-refractivity contribution is 9.10. The van der Waals surface area contributed by atoms with Crippen LogP contribution in [0.5, 0.6) is 0 Å². The van der Waals surface area contributed by atoms with E-state index in [0.717, 1.165) is 15.6 Å². The molecule has 0 saturated heterocycles. The van der Waals surface area contributed by atoms with Gasteiger partial charge in [0.25, 0.3) is 0 Å². The van der Waals surface area contributed by atoms with Gasteiger partial charge in [-0.25, -0.2) is 8.42 Å². The van der Waals surface area contributed by atoms with E-state index in [1.165, 1.54) is 0 Å². The Morgan fingerprint density at radius 3 is 2.44 bits per heavy atom. The lowest BCUT2D eigenvalue weighted by Crippen LogP contribution is -2.24. The predicted molar refractivity (Wildman–Crippen MR) is 77.3 cm³/mol. The van der Waals surface area contributed by atoms with Gasteiger partial charge < -0.3 is 5.11 Å². The van der Waals surface area contributed by atoms with Crippen molar-refractivity contribution in [1.82, 2.24) is 0 Å². The largest absolute Gasteiger partial charge is 0.390 e. The second-order valence-electron chi connectivity index (χ2n) is 5.23. The van der Waals surface area contributed by atoms with Crippen molar-refractivity contribution in [3.8, 4) is 0 Å². The summed E-state index contributed by atoms with van der Waals surface area (Å²) < 4.78 is 24.9. The zero-order valence-electron chi connectivity index (χ0n) is 10.9. The molecule has 0 heterocycles. The van der Waals surface area contributed by atoms with E-state index in [0.29, 0.717) is 0 Å². The summed E-state index contributed by atoms with van der Waals surface area (Å²) in [7, 11) is -3.18. The van der Waals surface area contributed by atoms with E-state index in [9.17, 15) is 13.5 Å². The molecule has 1 rings (SSSR count). The molecule has 0 amide bonds. The van der Waals surface area contributed by atoms with Gasteiger partial charge in [-0.3, -0.25) is 0 Å². The number of hydrogen-bond donors (Lipinski definition) is 1. The van der Waals surface area contributed by atoms with E-state index in [2.05, 4.69) is 15.9 Å². The molecule has 0 aliphatic rings. The molecule has 0 unspecified atom stereocenters. The molecule has 1 N–H and O–H groups in total. The Morgan fingerprint density at radius 1 is 1.33 bits per heavy atom. The average molecular weight is 335 g/mol. The minimum absolute atomic E-state index is 0.00596. The van der Waals surface area contributed by atoms with Crippen molar-refractivity contribution in [2.45, 2.75) is 38.5 Å². The summed E-state index contributed by atoms with van der Waals surface area (Å²) >= 11 is 3.35. The smallest absolute Gasteiger partial charge is 0.154 e. The van der Waals surface area contributed by atoms with Crippen LogP contribution < -0.4 is 0 Å². The Kier molecular flexibility index (Phi) is 4.98. The van der Waals surface area contributed by atoms with Crippen LogP contribution in [0.25, 0.3) is 0 Å². The molecule has 102 valence electrons. The first-order chi connectivity index (χ1) is 8.09. The van der Waals surface area contributed by atoms with Crippen LogP contribution in [-0.4, -0.2) is 24.9 Å². The van der Waals surface area contributed by atoms with Crippen molar-refractivity contribution in [1.29, 1.82) is 0 Å². The third-order valence-electron chi connectivity index (χ3n) is 2.70. The van der Waals surface area contributed by atoms with E-state index in [1.807, 2.05) is 25.1 Å². The highest BCUT2D eigenvalue weighted by atomic mass is 79.9. The van der Waals surface area contributed by atoms with E-state index in [-0.39, 0.29) is 17.9 Å². The third kappa shape index (κ3) is 5.50. The second-order valence-corrected chi connectivity index (χ2v) is 8.33. The number of sulfone groups is 1. The van der Waals surface area contributed by atoms with Gasteiger partial charge in [-0.15, -0.1) is 0 Å². The molecular formula is C13H19BrO3S. The molecule has 0 atom stereocenters. The number of hydrogen-bond acceptors (Lipinski definition) is 3. The molecule has 1 aromatic carbocycles. The fourth-order valence-corrected chi connectivity index (χ4v) is 3.76. The van der Waals surface area contributed by atoms with Crippen molar-refractivity contribution in [2.24, 2.45) is 0 Å². The van der Waals surface area contributed by atoms with Gasteiger partial charge in [-0.05, 0) is 50.5 Å². The topological polar surface area (TPSA) is 54.4 Å². The fourth-order valence-electron chi connectivity index (χ4n) is 1.54. The molecule has 0 aliphatic heterocycles. The number of aliphatic hydroxyl groups is 1. The van der Waals surface area contributed by atoms with Crippen LogP contribution in [0.2, 0.25) is 0 Å². The first-order valence-electron chi connectivity index (χ1n) is 5.77. The van der Waals surface area contributed by atoms with Crippen molar-refractivity contribution >= 4 is 25.8 Å². The zero-order valence-corrected chi connectivity index (χ0v) is 13.3. The Balaban J connectivity index is 2.77. The fraction of sp³-hybridized carbons (Fsp3) is 0.538. The first-order valence-corrected chi connectivity index (χ1v) is 8.38. The average Bonchev–Trinajstić information content (AvgIpc) is 2.19. The van der Waals surface area contributed by atoms with Crippen molar-refractivity contribution in [3.05, 3.63) is 33.8 Å². The maximum atomic E-state index is 12.0. The molecule has 0 aliphatic carbocycles. The molecular weight excluding hydrogens is 316 g/mol. The van der Waals surface area contributed by atoms with E-state index >= 15 is 0 Å². The molecule has 18 heavy (non-hydrogen) atoms. The van der Waals surface area contributed by atoms with Crippen molar-refractivity contribution < 1.29 is 13.5 Å². The maximum absolute atomic E-state index is 12.0. The Bertz CT molecular complexity index is 516. The SMILES string of the molecule is Cc1cc(Br)ccc1CS(=O)(=O)CCC(C)(C)O. The highest BCUT2D eigenvalue weighted by Gasteiger charge is 2.19. The maximum Gasteiger partial charge on any atom is 0.154 e. The molecule has 1 aromatic rings. The van der Waals surface area contributed by atoms with Crippen LogP contribution in [0.1, 0.15) is 31.4 Å². The lowest BCUT2D eigenvalue weighted by atomic mass is 10.1. The molecule has 0 bridgehead atoms. The summed E-state index contributed by atoms with van der Waals surface area (Å²) in [5.41, 5.74) is 0.826. The summed E-state index contributed by atoms with van der Waals surface area (Å²) in [6, 6.07) is 5.57. The molecule has 0 fully saturated rings. The molecule has 0 aromatic heterocycles. The standard InChI is InChI=1S/C13H19BrO3S/c1-10-8-12(14)5-4-11(10)9-18(16,17)7-6-13(2,3)15/h4-5,8,15H,6-7,9H2,1-3H3. The van der Waals surface area contributed by atoms with Crippen LogP contribution in [0.3, 0.4) is 0 Å². The molecule has 0 spiro atoms. The summed E-state index contributed by atoms with van der Waals surface area (Å²) in [4.78, 5) is 0. The van der Waals surface area contributed by atoms with Gasteiger partial charge in [0.1, 0.15) is 0 Å².